The van der Waals surface area contributed by atoms with E-state index in [2.05, 4.69) is 208 Å². The van der Waals surface area contributed by atoms with Gasteiger partial charge in [-0.2, -0.15) is 15.3 Å². The molecule has 0 aliphatic heterocycles. The second kappa shape index (κ2) is 18.0. The van der Waals surface area contributed by atoms with E-state index in [1.165, 1.54) is 17.1 Å². The fourth-order valence-corrected chi connectivity index (χ4v) is 10.6. The summed E-state index contributed by atoms with van der Waals surface area (Å²) in [6.07, 6.45) is 8.61. The van der Waals surface area contributed by atoms with Crippen molar-refractivity contribution in [2.45, 2.75) is 81.6 Å². The third-order valence-electron chi connectivity index (χ3n) is 13.6. The number of benzene rings is 6. The van der Waals surface area contributed by atoms with E-state index in [0.29, 0.717) is 0 Å². The van der Waals surface area contributed by atoms with Gasteiger partial charge in [-0.15, -0.1) is 0 Å². The first-order chi connectivity index (χ1) is 33.1. The van der Waals surface area contributed by atoms with Crippen molar-refractivity contribution in [1.82, 2.24) is 29.3 Å². The van der Waals surface area contributed by atoms with Crippen molar-refractivity contribution < 1.29 is 0 Å². The van der Waals surface area contributed by atoms with Crippen LogP contribution in [0.15, 0.2) is 179 Å². The largest absolute Gasteiger partial charge is 0.257 e. The van der Waals surface area contributed by atoms with E-state index in [-0.39, 0.29) is 34.0 Å². The van der Waals surface area contributed by atoms with E-state index in [1.807, 2.05) is 32.6 Å². The van der Waals surface area contributed by atoms with Gasteiger partial charge in [0.15, 0.2) is 0 Å². The second-order valence-electron chi connectivity index (χ2n) is 21.9. The predicted octanol–water partition coefficient (Wildman–Crippen LogP) is 15.5. The highest BCUT2D eigenvalue weighted by atomic mass is 15.3. The lowest BCUT2D eigenvalue weighted by atomic mass is 9.62. The zero-order valence-electron chi connectivity index (χ0n) is 41.5. The average molecular weight is 910 g/mol. The Morgan fingerprint density at radius 3 is 0.855 bits per heavy atom. The molecule has 1 aliphatic rings. The molecular weight excluding hydrogens is 847 g/mol. The molecule has 0 radical (unpaired) electrons. The number of nitrogens with zero attached hydrogens (tertiary/aromatic N) is 9. The average Bonchev–Trinajstić information content (AvgIpc) is 4.09. The molecule has 0 spiro atoms. The molecule has 0 bridgehead atoms. The van der Waals surface area contributed by atoms with Crippen molar-refractivity contribution in [3.8, 4) is 17.1 Å². The molecular formula is C60H63N9. The van der Waals surface area contributed by atoms with Crippen molar-refractivity contribution in [2.24, 2.45) is 49.0 Å². The maximum absolute atomic E-state index is 5.62. The molecule has 0 atom stereocenters. The Labute approximate surface area is 406 Å². The second-order valence-corrected chi connectivity index (χ2v) is 21.9. The monoisotopic (exact) mass is 910 g/mol. The van der Waals surface area contributed by atoms with Gasteiger partial charge in [0.1, 0.15) is 0 Å². The van der Waals surface area contributed by atoms with Gasteiger partial charge in [-0.3, -0.25) is 15.0 Å². The van der Waals surface area contributed by atoms with Gasteiger partial charge in [0, 0.05) is 49.5 Å². The van der Waals surface area contributed by atoms with Gasteiger partial charge in [0.2, 0.25) is 0 Å². The molecule has 1 saturated carbocycles. The zero-order valence-corrected chi connectivity index (χ0v) is 41.5. The van der Waals surface area contributed by atoms with Gasteiger partial charge >= 0.3 is 0 Å². The third-order valence-corrected chi connectivity index (χ3v) is 13.6. The predicted molar refractivity (Wildman–Crippen MR) is 287 cm³/mol. The van der Waals surface area contributed by atoms with Gasteiger partial charge in [-0.25, -0.2) is 14.0 Å². The Kier molecular flexibility index (Phi) is 11.9. The van der Waals surface area contributed by atoms with E-state index >= 15 is 0 Å². The molecule has 0 amide bonds. The van der Waals surface area contributed by atoms with E-state index in [0.717, 1.165) is 86.1 Å². The first-order valence-corrected chi connectivity index (χ1v) is 24.4. The maximum Gasteiger partial charge on any atom is 0.0741 e. The van der Waals surface area contributed by atoms with E-state index < -0.39 is 0 Å². The molecule has 348 valence electrons. The molecule has 0 saturated heterocycles. The summed E-state index contributed by atoms with van der Waals surface area (Å²) in [7, 11) is 0. The lowest BCUT2D eigenvalue weighted by molar-refractivity contribution is 0.301. The van der Waals surface area contributed by atoms with Crippen LogP contribution >= 0.6 is 0 Å². The minimum absolute atomic E-state index is 0.175. The molecule has 3 aromatic heterocycles. The molecule has 3 heterocycles. The van der Waals surface area contributed by atoms with Crippen molar-refractivity contribution in [3.63, 3.8) is 0 Å². The fourth-order valence-electron chi connectivity index (χ4n) is 10.6. The summed E-state index contributed by atoms with van der Waals surface area (Å²) >= 11 is 0. The van der Waals surface area contributed by atoms with Gasteiger partial charge < -0.3 is 0 Å². The normalized spacial score (nSPS) is 17.9. The molecule has 9 heteroatoms. The van der Waals surface area contributed by atoms with Gasteiger partial charge in [0.05, 0.1) is 69.3 Å². The fraction of sp³-hybridized carbons (Fsp3) is 0.300. The molecule has 1 fully saturated rings. The highest BCUT2D eigenvalue weighted by Gasteiger charge is 2.43. The quantitative estimate of drug-likeness (QED) is 0.135. The van der Waals surface area contributed by atoms with Crippen LogP contribution in [-0.4, -0.2) is 46.5 Å². The van der Waals surface area contributed by atoms with E-state index in [1.54, 1.807) is 0 Å². The Hall–Kier alpha value is -7.26. The molecule has 0 N–H and O–H groups in total. The lowest BCUT2D eigenvalue weighted by Gasteiger charge is -2.43. The van der Waals surface area contributed by atoms with Crippen LogP contribution in [0, 0.1) is 34.0 Å². The molecule has 6 aromatic carbocycles. The minimum Gasteiger partial charge on any atom is -0.257 e. The number of fused-ring (bicyclic) bond motifs is 3. The number of aliphatic imine (C=N–C) groups is 3. The first kappa shape index (κ1) is 45.5. The number of hydrogen-bond acceptors (Lipinski definition) is 6. The highest BCUT2D eigenvalue weighted by molar-refractivity contribution is 6.00. The molecule has 10 rings (SSSR count). The van der Waals surface area contributed by atoms with Crippen LogP contribution in [0.4, 0.5) is 17.1 Å². The Morgan fingerprint density at radius 1 is 0.362 bits per heavy atom. The lowest BCUT2D eigenvalue weighted by Crippen LogP contribution is -2.43. The minimum atomic E-state index is -0.203. The Balaban J connectivity index is 1.04. The molecule has 69 heavy (non-hydrogen) atoms. The maximum atomic E-state index is 5.62. The SMILES string of the molecule is CC(C)(C)/C(=N/c1ccc(-n2ncc3ccccc32)cc1)C1CC(/C(=N\c2ccc(-n3ncc4ccccc43)cc2)C(C)(C)C)CC(/C(=N\c2ccc(-n3ncc4ccccc43)cc2)C(C)(C)C)C1. The molecule has 1 aliphatic carbocycles. The zero-order chi connectivity index (χ0) is 48.1. The highest BCUT2D eigenvalue weighted by Crippen LogP contribution is 2.46. The summed E-state index contributed by atoms with van der Waals surface area (Å²) in [6, 6.07) is 50.7. The summed E-state index contributed by atoms with van der Waals surface area (Å²) in [5.74, 6) is 0.526. The van der Waals surface area contributed by atoms with Crippen LogP contribution < -0.4 is 0 Å². The summed E-state index contributed by atoms with van der Waals surface area (Å²) in [6.45, 7) is 20.9. The van der Waals surface area contributed by atoms with Gasteiger partial charge in [-0.05, 0) is 128 Å². The summed E-state index contributed by atoms with van der Waals surface area (Å²) in [4.78, 5) is 16.9. The van der Waals surface area contributed by atoms with E-state index in [4.69, 9.17) is 30.3 Å². The summed E-state index contributed by atoms with van der Waals surface area (Å²) in [5, 5.41) is 17.5. The smallest absolute Gasteiger partial charge is 0.0741 e. The van der Waals surface area contributed by atoms with Crippen molar-refractivity contribution in [1.29, 1.82) is 0 Å². The third kappa shape index (κ3) is 9.47. The Morgan fingerprint density at radius 2 is 0.609 bits per heavy atom. The van der Waals surface area contributed by atoms with Crippen LogP contribution in [0.25, 0.3) is 49.8 Å². The van der Waals surface area contributed by atoms with Gasteiger partial charge in [-0.1, -0.05) is 117 Å². The van der Waals surface area contributed by atoms with Crippen molar-refractivity contribution >= 4 is 66.9 Å². The van der Waals surface area contributed by atoms with Crippen LogP contribution in [0.3, 0.4) is 0 Å². The van der Waals surface area contributed by atoms with Crippen LogP contribution in [0.2, 0.25) is 0 Å². The number of para-hydroxylation sites is 3. The summed E-state index contributed by atoms with van der Waals surface area (Å²) in [5.41, 5.74) is 12.2. The molecule has 0 unspecified atom stereocenters. The van der Waals surface area contributed by atoms with Crippen LogP contribution in [0.5, 0.6) is 0 Å². The van der Waals surface area contributed by atoms with E-state index in [9.17, 15) is 0 Å². The standard InChI is InChI=1S/C60H63N9/c1-58(2,3)55(64-46-22-28-49(29-23-46)67-52-19-13-10-16-40(52)37-61-67)43-34-44(56(59(4,5)6)65-47-24-30-50(31-25-47)68-53-20-14-11-17-41(53)38-62-68)36-45(35-43)57(60(7,8)9)66-48-26-32-51(33-27-48)69-54-21-15-12-18-42(54)39-63-69/h10-33,37-39,43-45H,34-36H2,1-9H3/b64-55+,65-56+,66-57+. The van der Waals surface area contributed by atoms with Crippen LogP contribution in [-0.2, 0) is 0 Å². The van der Waals surface area contributed by atoms with Crippen LogP contribution in [0.1, 0.15) is 81.6 Å². The van der Waals surface area contributed by atoms with Gasteiger partial charge in [0.25, 0.3) is 0 Å². The number of rotatable bonds is 9. The van der Waals surface area contributed by atoms with Crippen molar-refractivity contribution in [2.75, 3.05) is 0 Å². The van der Waals surface area contributed by atoms with Crippen molar-refractivity contribution in [3.05, 3.63) is 164 Å². The topological polar surface area (TPSA) is 90.5 Å². The first-order valence-electron chi connectivity index (χ1n) is 24.4. The Bertz CT molecular complexity index is 2990. The molecule has 9 aromatic rings. The molecule has 9 nitrogen and oxygen atoms in total. The number of hydrogen-bond donors (Lipinski definition) is 0. The number of aromatic nitrogens is 6. The summed E-state index contributed by atoms with van der Waals surface area (Å²) < 4.78 is 6.01.